The van der Waals surface area contributed by atoms with Crippen molar-refractivity contribution in [2.75, 3.05) is 50.9 Å². The molecule has 0 amide bonds. The molecule has 12 nitrogen and oxygen atoms in total. The molecule has 3 saturated heterocycles. The molecule has 0 bridgehead atoms. The molecular formula is C31H34BrF4N9O3. The number of hydrogen-bond acceptors (Lipinski definition) is 9. The number of nitrogens with zero attached hydrogens (tertiary/aromatic N) is 8. The highest BCUT2D eigenvalue weighted by atomic mass is 79.9. The predicted octanol–water partition coefficient (Wildman–Crippen LogP) is 4.82. The molecule has 3 fully saturated rings. The molecular weight excluding hydrogens is 702 g/mol. The van der Waals surface area contributed by atoms with E-state index in [0.717, 1.165) is 19.4 Å². The van der Waals surface area contributed by atoms with Crippen LogP contribution in [-0.2, 0) is 18.0 Å². The number of aromatic nitrogens is 7. The summed E-state index contributed by atoms with van der Waals surface area (Å²) in [5, 5.41) is 23.8. The van der Waals surface area contributed by atoms with E-state index in [1.807, 2.05) is 4.90 Å². The highest BCUT2D eigenvalue weighted by Gasteiger charge is 2.49. The lowest BCUT2D eigenvalue weighted by Gasteiger charge is -2.31. The number of H-pyrrole nitrogens is 1. The Morgan fingerprint density at radius 2 is 2.04 bits per heavy atom. The molecule has 3 aliphatic rings. The molecule has 256 valence electrons. The molecule has 0 saturated carbocycles. The Morgan fingerprint density at radius 3 is 2.83 bits per heavy atom. The van der Waals surface area contributed by atoms with Crippen LogP contribution in [0.5, 0.6) is 6.01 Å². The minimum absolute atomic E-state index is 0.0125. The summed E-state index contributed by atoms with van der Waals surface area (Å²) in [4.78, 5) is 13.7. The van der Waals surface area contributed by atoms with E-state index in [2.05, 4.69) is 36.1 Å². The first-order valence-electron chi connectivity index (χ1n) is 15.8. The fraction of sp³-hybridized carbons (Fsp3) is 0.548. The Bertz CT molecular complexity index is 2080. The zero-order valence-electron chi connectivity index (χ0n) is 26.5. The van der Waals surface area contributed by atoms with Crippen molar-refractivity contribution < 1.29 is 32.1 Å². The maximum Gasteiger partial charge on any atom is 0.418 e. The van der Waals surface area contributed by atoms with Crippen LogP contribution in [0.2, 0.25) is 0 Å². The molecule has 5 aromatic rings. The fourth-order valence-electron chi connectivity index (χ4n) is 7.96. The molecule has 48 heavy (non-hydrogen) atoms. The quantitative estimate of drug-likeness (QED) is 0.245. The van der Waals surface area contributed by atoms with E-state index >= 15 is 0 Å². The van der Waals surface area contributed by atoms with Crippen molar-refractivity contribution >= 4 is 54.7 Å². The number of benzene rings is 1. The van der Waals surface area contributed by atoms with Crippen molar-refractivity contribution in [1.29, 1.82) is 0 Å². The van der Waals surface area contributed by atoms with E-state index in [1.54, 1.807) is 18.5 Å². The average Bonchev–Trinajstić information content (AvgIpc) is 3.79. The van der Waals surface area contributed by atoms with Crippen molar-refractivity contribution in [2.45, 2.75) is 56.6 Å². The molecule has 8 rings (SSSR count). The second kappa shape index (κ2) is 11.0. The van der Waals surface area contributed by atoms with Gasteiger partial charge in [-0.25, -0.2) is 9.07 Å². The van der Waals surface area contributed by atoms with Crippen molar-refractivity contribution in [3.8, 4) is 11.7 Å². The maximum absolute atomic E-state index is 14.7. The van der Waals surface area contributed by atoms with Crippen LogP contribution in [0, 0.1) is 6.92 Å². The molecule has 0 aliphatic carbocycles. The first-order chi connectivity index (χ1) is 22.8. The van der Waals surface area contributed by atoms with Gasteiger partial charge in [0.2, 0.25) is 0 Å². The highest BCUT2D eigenvalue weighted by molar-refractivity contribution is 9.10. The van der Waals surface area contributed by atoms with Crippen LogP contribution < -0.4 is 9.64 Å². The van der Waals surface area contributed by atoms with Gasteiger partial charge >= 0.3 is 12.2 Å². The van der Waals surface area contributed by atoms with E-state index in [9.17, 15) is 22.7 Å². The standard InChI is InChI=1S/C31H34BrF4N9O3/c1-16-9-19-18(11-37-40-19)23(22(16)31(34,35)36)45-27-20(24(32)41-45)21-25(42(27)3)38-28(39-26(21)43-7-8-47-14-29(2,46)13-43)48-15-30-5-4-6-44(30)12-17(33)10-30/h9,11,17,46H,4-8,10,12-15H2,1-3H3,(H,37,40)/t17-,29+,30+/m1/s1. The number of anilines is 1. The van der Waals surface area contributed by atoms with Crippen LogP contribution in [0.15, 0.2) is 16.9 Å². The highest BCUT2D eigenvalue weighted by Crippen LogP contribution is 2.45. The molecule has 2 N–H and O–H groups in total. The van der Waals surface area contributed by atoms with Gasteiger partial charge in [0.05, 0.1) is 59.0 Å². The molecule has 1 aromatic carbocycles. The fourth-order valence-corrected chi connectivity index (χ4v) is 8.49. The van der Waals surface area contributed by atoms with Crippen LogP contribution in [0.25, 0.3) is 38.7 Å². The van der Waals surface area contributed by atoms with E-state index in [0.29, 0.717) is 59.5 Å². The Hall–Kier alpha value is -3.54. The molecule has 17 heteroatoms. The summed E-state index contributed by atoms with van der Waals surface area (Å²) in [5.41, 5.74) is -1.51. The molecule has 7 heterocycles. The number of nitrogens with one attached hydrogen (secondary N) is 1. The van der Waals surface area contributed by atoms with Crippen LogP contribution in [0.1, 0.15) is 37.3 Å². The SMILES string of the molecule is Cc1cc2[nH]ncc2c(-n2nc(Br)c3c4c(N5CCOC[C@@](C)(O)C5)nc(OC[C@@]56CCCN5C[C@H](F)C6)nc4n(C)c32)c1C(F)(F)F. The van der Waals surface area contributed by atoms with Crippen molar-refractivity contribution in [3.05, 3.63) is 28.0 Å². The third-order valence-corrected chi connectivity index (χ3v) is 10.5. The van der Waals surface area contributed by atoms with Crippen LogP contribution in [0.3, 0.4) is 0 Å². The third-order valence-electron chi connectivity index (χ3n) is 9.95. The van der Waals surface area contributed by atoms with E-state index in [1.165, 1.54) is 23.9 Å². The zero-order valence-corrected chi connectivity index (χ0v) is 28.1. The van der Waals surface area contributed by atoms with E-state index in [4.69, 9.17) is 19.4 Å². The number of aromatic amines is 1. The van der Waals surface area contributed by atoms with Crippen LogP contribution >= 0.6 is 15.9 Å². The van der Waals surface area contributed by atoms with Gasteiger partial charge in [-0.15, -0.1) is 0 Å². The second-order valence-corrected chi connectivity index (χ2v) is 14.3. The van der Waals surface area contributed by atoms with Gasteiger partial charge in [-0.1, -0.05) is 0 Å². The summed E-state index contributed by atoms with van der Waals surface area (Å²) in [6.45, 7) is 5.39. The van der Waals surface area contributed by atoms with Crippen LogP contribution in [-0.4, -0.2) is 108 Å². The van der Waals surface area contributed by atoms with Gasteiger partial charge in [-0.05, 0) is 60.8 Å². The van der Waals surface area contributed by atoms with Gasteiger partial charge in [0.1, 0.15) is 34.4 Å². The Morgan fingerprint density at radius 1 is 1.23 bits per heavy atom. The number of halogens is 5. The first-order valence-corrected chi connectivity index (χ1v) is 16.6. The number of rotatable bonds is 5. The van der Waals surface area contributed by atoms with Crippen molar-refractivity contribution in [2.24, 2.45) is 7.05 Å². The molecule has 3 atom stereocenters. The number of hydrogen-bond donors (Lipinski definition) is 2. The van der Waals surface area contributed by atoms with Gasteiger partial charge < -0.3 is 24.0 Å². The number of fused-ring (bicyclic) bond motifs is 5. The van der Waals surface area contributed by atoms with Crippen molar-refractivity contribution in [3.63, 3.8) is 0 Å². The molecule has 0 spiro atoms. The summed E-state index contributed by atoms with van der Waals surface area (Å²) in [5.74, 6) is 0.413. The van der Waals surface area contributed by atoms with Gasteiger partial charge in [-0.3, -0.25) is 10.00 Å². The Balaban J connectivity index is 1.36. The van der Waals surface area contributed by atoms with E-state index in [-0.39, 0.29) is 47.0 Å². The molecule has 3 aliphatic heterocycles. The van der Waals surface area contributed by atoms with Gasteiger partial charge in [0.25, 0.3) is 0 Å². The average molecular weight is 737 g/mol. The van der Waals surface area contributed by atoms with Crippen molar-refractivity contribution in [1.82, 2.24) is 39.4 Å². The smallest absolute Gasteiger partial charge is 0.418 e. The largest absolute Gasteiger partial charge is 0.461 e. The second-order valence-electron chi connectivity index (χ2n) is 13.6. The van der Waals surface area contributed by atoms with Gasteiger partial charge in [-0.2, -0.15) is 33.3 Å². The van der Waals surface area contributed by atoms with Gasteiger partial charge in [0, 0.05) is 31.9 Å². The minimum atomic E-state index is -4.70. The maximum atomic E-state index is 14.7. The number of aliphatic hydroxyl groups is 1. The Kier molecular flexibility index (Phi) is 7.26. The number of aryl methyl sites for hydroxylation is 2. The topological polar surface area (TPSA) is 122 Å². The molecule has 4 aromatic heterocycles. The van der Waals surface area contributed by atoms with Crippen LogP contribution in [0.4, 0.5) is 23.4 Å². The van der Waals surface area contributed by atoms with E-state index < -0.39 is 29.1 Å². The Labute approximate surface area is 280 Å². The minimum Gasteiger partial charge on any atom is -0.461 e. The monoisotopic (exact) mass is 735 g/mol. The summed E-state index contributed by atoms with van der Waals surface area (Å²) in [6, 6.07) is 1.47. The summed E-state index contributed by atoms with van der Waals surface area (Å²) in [6.07, 6.45) is -2.17. The number of β-amino-alcohol motifs (C(OH)–C–C–N with tert-alkyl or cyclic N) is 1. The lowest BCUT2D eigenvalue weighted by atomic mass is 9.95. The lowest BCUT2D eigenvalue weighted by Crippen LogP contribution is -2.44. The van der Waals surface area contributed by atoms with Gasteiger partial charge in [0.15, 0.2) is 5.65 Å². The lowest BCUT2D eigenvalue weighted by molar-refractivity contribution is -0.137. The molecule has 0 unspecified atom stereocenters. The number of ether oxygens (including phenoxy) is 2. The summed E-state index contributed by atoms with van der Waals surface area (Å²) < 4.78 is 74.0. The zero-order chi connectivity index (χ0) is 33.7. The number of alkyl halides is 4. The predicted molar refractivity (Wildman–Crippen MR) is 172 cm³/mol. The summed E-state index contributed by atoms with van der Waals surface area (Å²) in [7, 11) is 1.70. The normalized spacial score (nSPS) is 25.5. The molecule has 0 radical (unpaired) electrons. The summed E-state index contributed by atoms with van der Waals surface area (Å²) >= 11 is 3.55. The first kappa shape index (κ1) is 31.7. The third kappa shape index (κ3) is 4.95.